The molecule has 1 aromatic heterocycles. The maximum atomic E-state index is 12.9. The maximum absolute atomic E-state index is 12.9. The topological polar surface area (TPSA) is 84.2 Å². The van der Waals surface area contributed by atoms with Gasteiger partial charge in [0, 0.05) is 18.8 Å². The second kappa shape index (κ2) is 9.66. The van der Waals surface area contributed by atoms with E-state index in [1.165, 1.54) is 17.3 Å². The Labute approximate surface area is 186 Å². The van der Waals surface area contributed by atoms with Crippen LogP contribution in [0.3, 0.4) is 0 Å². The number of anilines is 1. The number of aliphatic hydroxyl groups is 1. The van der Waals surface area contributed by atoms with Crippen LogP contribution in [0.4, 0.5) is 5.69 Å². The summed E-state index contributed by atoms with van der Waals surface area (Å²) in [5.41, 5.74) is 2.41. The van der Waals surface area contributed by atoms with Crippen LogP contribution in [-0.4, -0.2) is 32.4 Å². The van der Waals surface area contributed by atoms with Crippen molar-refractivity contribution in [2.45, 2.75) is 56.5 Å². The minimum absolute atomic E-state index is 0.0238. The summed E-state index contributed by atoms with van der Waals surface area (Å²) in [6.07, 6.45) is 0.439. The predicted octanol–water partition coefficient (Wildman–Crippen LogP) is 4.20. The van der Waals surface area contributed by atoms with Crippen LogP contribution in [0, 0.1) is 0 Å². The Hall–Kier alpha value is -2.64. The molecule has 31 heavy (non-hydrogen) atoms. The van der Waals surface area contributed by atoms with Gasteiger partial charge < -0.3 is 10.4 Å². The lowest BCUT2D eigenvalue weighted by Gasteiger charge is -2.19. The van der Waals surface area contributed by atoms with Crippen LogP contribution < -0.4 is 10.9 Å². The van der Waals surface area contributed by atoms with Crippen molar-refractivity contribution in [3.05, 3.63) is 64.4 Å². The van der Waals surface area contributed by atoms with Crippen LogP contribution in [0.15, 0.2) is 58.5 Å². The molecule has 0 radical (unpaired) electrons. The minimum atomic E-state index is -0.462. The summed E-state index contributed by atoms with van der Waals surface area (Å²) >= 11 is 1.24. The number of nitrogens with zero attached hydrogens (tertiary/aromatic N) is 2. The van der Waals surface area contributed by atoms with Crippen molar-refractivity contribution in [1.82, 2.24) is 9.55 Å². The van der Waals surface area contributed by atoms with E-state index < -0.39 is 5.25 Å². The fourth-order valence-corrected chi connectivity index (χ4v) is 4.11. The second-order valence-corrected chi connectivity index (χ2v) is 9.83. The quantitative estimate of drug-likeness (QED) is 0.426. The number of amides is 1. The molecule has 3 aromatic rings. The number of hydrogen-bond donors (Lipinski definition) is 2. The third-order valence-corrected chi connectivity index (χ3v) is 6.13. The molecule has 2 N–H and O–H groups in total. The zero-order valence-electron chi connectivity index (χ0n) is 18.4. The number of para-hydroxylation sites is 1. The van der Waals surface area contributed by atoms with E-state index >= 15 is 0 Å². The average Bonchev–Trinajstić information content (AvgIpc) is 2.73. The molecule has 6 nitrogen and oxygen atoms in total. The summed E-state index contributed by atoms with van der Waals surface area (Å²) in [5, 5.41) is 12.7. The largest absolute Gasteiger partial charge is 0.396 e. The lowest BCUT2D eigenvalue weighted by atomic mass is 9.87. The zero-order chi connectivity index (χ0) is 22.6. The normalized spacial score (nSPS) is 12.7. The van der Waals surface area contributed by atoms with E-state index in [-0.39, 0.29) is 23.5 Å². The highest BCUT2D eigenvalue weighted by molar-refractivity contribution is 8.00. The van der Waals surface area contributed by atoms with Gasteiger partial charge in [0.1, 0.15) is 0 Å². The van der Waals surface area contributed by atoms with Crippen molar-refractivity contribution < 1.29 is 9.90 Å². The molecular formula is C24H29N3O3S. The van der Waals surface area contributed by atoms with Crippen molar-refractivity contribution in [3.8, 4) is 0 Å². The third kappa shape index (κ3) is 5.54. The number of benzene rings is 2. The molecule has 0 bridgehead atoms. The standard InChI is InChI=1S/C24H29N3O3S/c1-16(21(29)25-18-12-10-17(11-13-18)24(2,3)4)31-23-26-20-9-6-5-8-19(20)22(30)27(23)14-7-15-28/h5-6,8-13,16,28H,7,14-15H2,1-4H3,(H,25,29). The van der Waals surface area contributed by atoms with E-state index in [0.29, 0.717) is 29.0 Å². The number of carbonyl (C=O) groups excluding carboxylic acids is 1. The Morgan fingerprint density at radius 2 is 1.84 bits per heavy atom. The lowest BCUT2D eigenvalue weighted by molar-refractivity contribution is -0.115. The highest BCUT2D eigenvalue weighted by Gasteiger charge is 2.20. The van der Waals surface area contributed by atoms with E-state index in [1.54, 1.807) is 29.7 Å². The van der Waals surface area contributed by atoms with Crippen LogP contribution in [0.5, 0.6) is 0 Å². The Morgan fingerprint density at radius 3 is 2.48 bits per heavy atom. The maximum Gasteiger partial charge on any atom is 0.262 e. The van der Waals surface area contributed by atoms with E-state index in [1.807, 2.05) is 30.3 Å². The Morgan fingerprint density at radius 1 is 1.16 bits per heavy atom. The van der Waals surface area contributed by atoms with Crippen LogP contribution in [-0.2, 0) is 16.8 Å². The number of hydrogen-bond acceptors (Lipinski definition) is 5. The van der Waals surface area contributed by atoms with Gasteiger partial charge in [0.2, 0.25) is 5.91 Å². The van der Waals surface area contributed by atoms with Crippen molar-refractivity contribution >= 4 is 34.3 Å². The van der Waals surface area contributed by atoms with Crippen LogP contribution >= 0.6 is 11.8 Å². The summed E-state index contributed by atoms with van der Waals surface area (Å²) in [5.74, 6) is -0.162. The fraction of sp³-hybridized carbons (Fsp3) is 0.375. The molecule has 0 saturated heterocycles. The van der Waals surface area contributed by atoms with E-state index in [0.717, 1.165) is 5.69 Å². The highest BCUT2D eigenvalue weighted by atomic mass is 32.2. The average molecular weight is 440 g/mol. The van der Waals surface area contributed by atoms with Gasteiger partial charge in [-0.1, -0.05) is 56.8 Å². The summed E-state index contributed by atoms with van der Waals surface area (Å²) in [6, 6.07) is 15.0. The number of aromatic nitrogens is 2. The molecule has 1 heterocycles. The van der Waals surface area contributed by atoms with Gasteiger partial charge in [-0.3, -0.25) is 14.2 Å². The first-order valence-electron chi connectivity index (χ1n) is 10.4. The molecule has 3 rings (SSSR count). The first-order valence-corrected chi connectivity index (χ1v) is 11.3. The third-order valence-electron chi connectivity index (χ3n) is 5.04. The van der Waals surface area contributed by atoms with Crippen molar-refractivity contribution in [3.63, 3.8) is 0 Å². The summed E-state index contributed by atoms with van der Waals surface area (Å²) in [6.45, 7) is 8.55. The van der Waals surface area contributed by atoms with E-state index in [4.69, 9.17) is 0 Å². The van der Waals surface area contributed by atoms with Crippen LogP contribution in [0.1, 0.15) is 39.7 Å². The van der Waals surface area contributed by atoms with E-state index in [9.17, 15) is 14.7 Å². The van der Waals surface area contributed by atoms with Gasteiger partial charge in [0.15, 0.2) is 5.16 Å². The Balaban J connectivity index is 1.80. The number of rotatable bonds is 7. The molecule has 1 unspecified atom stereocenters. The number of aliphatic hydroxyl groups excluding tert-OH is 1. The minimum Gasteiger partial charge on any atom is -0.396 e. The smallest absolute Gasteiger partial charge is 0.262 e. The van der Waals surface area contributed by atoms with E-state index in [2.05, 4.69) is 31.1 Å². The first-order chi connectivity index (χ1) is 14.7. The zero-order valence-corrected chi connectivity index (χ0v) is 19.2. The second-order valence-electron chi connectivity index (χ2n) is 8.52. The summed E-state index contributed by atoms with van der Waals surface area (Å²) in [4.78, 5) is 30.3. The van der Waals surface area contributed by atoms with Crippen molar-refractivity contribution in [1.29, 1.82) is 0 Å². The Bertz CT molecular complexity index is 1120. The molecule has 1 atom stereocenters. The van der Waals surface area contributed by atoms with Gasteiger partial charge in [0.25, 0.3) is 5.56 Å². The highest BCUT2D eigenvalue weighted by Crippen LogP contribution is 2.26. The van der Waals surface area contributed by atoms with Gasteiger partial charge in [-0.05, 0) is 48.6 Å². The SMILES string of the molecule is CC(Sc1nc2ccccc2c(=O)n1CCCO)C(=O)Nc1ccc(C(C)(C)C)cc1. The van der Waals surface area contributed by atoms with Gasteiger partial charge in [0.05, 0.1) is 16.2 Å². The van der Waals surface area contributed by atoms with Crippen LogP contribution in [0.25, 0.3) is 10.9 Å². The molecule has 7 heteroatoms. The lowest BCUT2D eigenvalue weighted by Crippen LogP contribution is -2.27. The van der Waals surface area contributed by atoms with Gasteiger partial charge in [-0.25, -0.2) is 4.98 Å². The number of fused-ring (bicyclic) bond motifs is 1. The Kier molecular flexibility index (Phi) is 7.18. The van der Waals surface area contributed by atoms with Gasteiger partial charge >= 0.3 is 0 Å². The summed E-state index contributed by atoms with van der Waals surface area (Å²) in [7, 11) is 0. The monoisotopic (exact) mass is 439 g/mol. The molecular weight excluding hydrogens is 410 g/mol. The molecule has 0 fully saturated rings. The molecule has 164 valence electrons. The first kappa shape index (κ1) is 23.0. The van der Waals surface area contributed by atoms with Gasteiger partial charge in [-0.2, -0.15) is 0 Å². The number of carbonyl (C=O) groups is 1. The summed E-state index contributed by atoms with van der Waals surface area (Å²) < 4.78 is 1.55. The molecule has 0 aliphatic carbocycles. The molecule has 1 amide bonds. The molecule has 0 saturated carbocycles. The molecule has 0 aliphatic heterocycles. The number of nitrogens with one attached hydrogen (secondary N) is 1. The van der Waals surface area contributed by atoms with Gasteiger partial charge in [-0.15, -0.1) is 0 Å². The molecule has 0 aliphatic rings. The van der Waals surface area contributed by atoms with Crippen molar-refractivity contribution in [2.24, 2.45) is 0 Å². The van der Waals surface area contributed by atoms with Crippen LogP contribution in [0.2, 0.25) is 0 Å². The molecule has 0 spiro atoms. The number of thioether (sulfide) groups is 1. The molecule has 2 aromatic carbocycles. The van der Waals surface area contributed by atoms with Crippen molar-refractivity contribution in [2.75, 3.05) is 11.9 Å². The fourth-order valence-electron chi connectivity index (χ4n) is 3.17. The predicted molar refractivity (Wildman–Crippen MR) is 127 cm³/mol.